The number of amides is 3. The molecule has 0 spiro atoms. The molecule has 1 aliphatic rings. The smallest absolute Gasteiger partial charge is 0.270 e. The van der Waals surface area contributed by atoms with Crippen LogP contribution in [0.3, 0.4) is 0 Å². The van der Waals surface area contributed by atoms with Gasteiger partial charge in [-0.2, -0.15) is 4.37 Å². The topological polar surface area (TPSA) is 153 Å². The fourth-order valence-electron chi connectivity index (χ4n) is 3.79. The van der Waals surface area contributed by atoms with Crippen LogP contribution in [0.1, 0.15) is 44.6 Å². The number of nitrogens with one attached hydrogen (secondary N) is 1. The van der Waals surface area contributed by atoms with Crippen LogP contribution in [-0.4, -0.2) is 85.4 Å². The molecule has 5 N–H and O–H groups in total. The summed E-state index contributed by atoms with van der Waals surface area (Å²) in [5.74, 6) is -1.06. The molecular weight excluding hydrogens is 472 g/mol. The Bertz CT molecular complexity index is 1040. The number of rotatable bonds is 11. The number of methoxy groups -OCH3 is 1. The van der Waals surface area contributed by atoms with Crippen LogP contribution >= 0.6 is 11.5 Å². The van der Waals surface area contributed by atoms with Gasteiger partial charge in [0.05, 0.1) is 18.9 Å². The summed E-state index contributed by atoms with van der Waals surface area (Å²) < 4.78 is 14.8. The minimum Gasteiger partial charge on any atom is -0.497 e. The molecule has 1 aromatic heterocycles. The summed E-state index contributed by atoms with van der Waals surface area (Å²) in [6, 6.07) is 5.99. The zero-order chi connectivity index (χ0) is 25.5. The van der Waals surface area contributed by atoms with Crippen LogP contribution < -0.4 is 21.5 Å². The van der Waals surface area contributed by atoms with Crippen molar-refractivity contribution in [3.05, 3.63) is 40.4 Å². The molecular formula is C23H32N6O5S. The van der Waals surface area contributed by atoms with Crippen molar-refractivity contribution < 1.29 is 23.9 Å². The van der Waals surface area contributed by atoms with Gasteiger partial charge in [-0.1, -0.05) is 12.1 Å². The molecule has 11 nitrogen and oxygen atoms in total. The number of carbonyl (C=O) groups excluding carboxylic acids is 3. The van der Waals surface area contributed by atoms with Gasteiger partial charge in [-0.05, 0) is 56.2 Å². The Morgan fingerprint density at radius 3 is 2.51 bits per heavy atom. The van der Waals surface area contributed by atoms with Crippen molar-refractivity contribution in [3.63, 3.8) is 0 Å². The fourth-order valence-corrected chi connectivity index (χ4v) is 4.55. The average Bonchev–Trinajstić information content (AvgIpc) is 3.49. The highest BCUT2D eigenvalue weighted by Gasteiger charge is 2.35. The molecule has 0 unspecified atom stereocenters. The van der Waals surface area contributed by atoms with Gasteiger partial charge in [0, 0.05) is 26.2 Å². The highest BCUT2D eigenvalue weighted by atomic mass is 32.1. The third-order valence-corrected chi connectivity index (χ3v) is 6.58. The Morgan fingerprint density at radius 2 is 1.97 bits per heavy atom. The maximum atomic E-state index is 13.7. The third-order valence-electron chi connectivity index (χ3n) is 5.72. The highest BCUT2D eigenvalue weighted by molar-refractivity contribution is 7.09. The van der Waals surface area contributed by atoms with Crippen molar-refractivity contribution in [1.29, 1.82) is 0 Å². The van der Waals surface area contributed by atoms with Crippen molar-refractivity contribution in [2.75, 3.05) is 53.2 Å². The van der Waals surface area contributed by atoms with E-state index in [-0.39, 0.29) is 34.8 Å². The van der Waals surface area contributed by atoms with Crippen LogP contribution in [0.25, 0.3) is 0 Å². The maximum absolute atomic E-state index is 13.7. The molecule has 3 amide bonds. The average molecular weight is 505 g/mol. The van der Waals surface area contributed by atoms with Gasteiger partial charge in [0.25, 0.3) is 11.8 Å². The van der Waals surface area contributed by atoms with Gasteiger partial charge in [-0.15, -0.1) is 0 Å². The molecule has 0 aliphatic carbocycles. The summed E-state index contributed by atoms with van der Waals surface area (Å²) in [6.45, 7) is 1.72. The Hall–Kier alpha value is -3.22. The lowest BCUT2D eigenvalue weighted by Crippen LogP contribution is -2.47. The van der Waals surface area contributed by atoms with Gasteiger partial charge in [0.1, 0.15) is 16.7 Å². The molecule has 12 heteroatoms. The second-order valence-electron chi connectivity index (χ2n) is 8.50. The van der Waals surface area contributed by atoms with Gasteiger partial charge >= 0.3 is 0 Å². The Morgan fingerprint density at radius 1 is 1.26 bits per heavy atom. The molecule has 0 saturated carbocycles. The Labute approximate surface area is 208 Å². The number of aromatic nitrogens is 1. The van der Waals surface area contributed by atoms with Crippen molar-refractivity contribution in [2.45, 2.75) is 25.0 Å². The number of carbonyl (C=O) groups is 3. The molecule has 0 bridgehead atoms. The number of ether oxygens (including phenoxy) is 2. The number of hydrogen-bond acceptors (Lipinski definition) is 9. The van der Waals surface area contributed by atoms with E-state index in [0.29, 0.717) is 31.0 Å². The van der Waals surface area contributed by atoms with Crippen LogP contribution in [-0.2, 0) is 9.53 Å². The summed E-state index contributed by atoms with van der Waals surface area (Å²) >= 11 is 0.787. The second kappa shape index (κ2) is 12.0. The van der Waals surface area contributed by atoms with E-state index < -0.39 is 17.9 Å². The van der Waals surface area contributed by atoms with E-state index >= 15 is 0 Å². The number of anilines is 1. The Kier molecular flexibility index (Phi) is 9.01. The highest BCUT2D eigenvalue weighted by Crippen LogP contribution is 2.29. The minimum absolute atomic E-state index is 0.0583. The molecule has 0 radical (unpaired) electrons. The van der Waals surface area contributed by atoms with E-state index in [2.05, 4.69) is 9.69 Å². The SMILES string of the molecule is COc1ccc([C@@H](C(=O)NC[C@@H]2CCCO2)N(CCN(C)C)C(=O)c2snc(C(N)=O)c2N)cc1. The lowest BCUT2D eigenvalue weighted by Gasteiger charge is -2.32. The third kappa shape index (κ3) is 6.47. The Balaban J connectivity index is 1.99. The number of nitrogens with two attached hydrogens (primary N) is 2. The predicted octanol–water partition coefficient (Wildman–Crippen LogP) is 0.873. The number of benzene rings is 1. The number of nitrogen functional groups attached to an aromatic ring is 1. The van der Waals surface area contributed by atoms with Crippen molar-refractivity contribution >= 4 is 34.9 Å². The van der Waals surface area contributed by atoms with Crippen LogP contribution in [0, 0.1) is 0 Å². The van der Waals surface area contributed by atoms with Crippen molar-refractivity contribution in [3.8, 4) is 5.75 Å². The van der Waals surface area contributed by atoms with E-state index in [1.165, 1.54) is 4.90 Å². The number of nitrogens with zero attached hydrogens (tertiary/aromatic N) is 3. The van der Waals surface area contributed by atoms with Gasteiger partial charge in [0.2, 0.25) is 5.91 Å². The van der Waals surface area contributed by atoms with Crippen LogP contribution in [0.2, 0.25) is 0 Å². The molecule has 3 rings (SSSR count). The normalized spacial score (nSPS) is 16.2. The van der Waals surface area contributed by atoms with Crippen LogP contribution in [0.15, 0.2) is 24.3 Å². The second-order valence-corrected chi connectivity index (χ2v) is 9.27. The molecule has 190 valence electrons. The summed E-state index contributed by atoms with van der Waals surface area (Å²) in [5.41, 5.74) is 11.7. The maximum Gasteiger partial charge on any atom is 0.270 e. The monoisotopic (exact) mass is 504 g/mol. The first-order chi connectivity index (χ1) is 16.7. The van der Waals surface area contributed by atoms with Gasteiger partial charge in [-0.25, -0.2) is 0 Å². The molecule has 1 fully saturated rings. The van der Waals surface area contributed by atoms with Crippen molar-refractivity contribution in [2.24, 2.45) is 5.73 Å². The first-order valence-electron chi connectivity index (χ1n) is 11.3. The molecule has 2 heterocycles. The quantitative estimate of drug-likeness (QED) is 0.407. The van der Waals surface area contributed by atoms with Crippen LogP contribution in [0.4, 0.5) is 5.69 Å². The zero-order valence-corrected chi connectivity index (χ0v) is 21.0. The summed E-state index contributed by atoms with van der Waals surface area (Å²) in [7, 11) is 5.29. The molecule has 2 atom stereocenters. The van der Waals surface area contributed by atoms with Gasteiger partial charge in [0.15, 0.2) is 5.69 Å². The first kappa shape index (κ1) is 26.4. The zero-order valence-electron chi connectivity index (χ0n) is 20.2. The van der Waals surface area contributed by atoms with E-state index in [1.54, 1.807) is 31.4 Å². The van der Waals surface area contributed by atoms with E-state index in [1.807, 2.05) is 19.0 Å². The lowest BCUT2D eigenvalue weighted by atomic mass is 10.0. The van der Waals surface area contributed by atoms with Crippen LogP contribution in [0.5, 0.6) is 5.75 Å². The minimum atomic E-state index is -0.965. The van der Waals surface area contributed by atoms with E-state index in [9.17, 15) is 14.4 Å². The molecule has 1 aliphatic heterocycles. The molecule has 35 heavy (non-hydrogen) atoms. The standard InChI is InChI=1S/C23H32N6O5S/c1-28(2)10-11-29(23(32)20-17(24)18(21(25)30)27-35-20)19(14-6-8-15(33-3)9-7-14)22(31)26-13-16-5-4-12-34-16/h6-9,16,19H,4-5,10-13,24H2,1-3H3,(H2,25,30)(H,26,31)/t16-,19-/m0/s1. The van der Waals surface area contributed by atoms with Crippen molar-refractivity contribution in [1.82, 2.24) is 19.5 Å². The van der Waals surface area contributed by atoms with E-state index in [0.717, 1.165) is 24.4 Å². The van der Waals surface area contributed by atoms with Gasteiger partial charge < -0.3 is 36.1 Å². The summed E-state index contributed by atoms with van der Waals surface area (Å²) in [5, 5.41) is 2.94. The first-order valence-corrected chi connectivity index (χ1v) is 12.0. The summed E-state index contributed by atoms with van der Waals surface area (Å²) in [6.07, 6.45) is 1.75. The lowest BCUT2D eigenvalue weighted by molar-refractivity contribution is -0.126. The molecule has 2 aromatic rings. The number of likely N-dealkylation sites (N-methyl/N-ethyl adjacent to an activating group) is 1. The molecule has 1 saturated heterocycles. The fraction of sp³-hybridized carbons (Fsp3) is 0.478. The number of hydrogen-bond donors (Lipinski definition) is 3. The summed E-state index contributed by atoms with van der Waals surface area (Å²) in [4.78, 5) is 42.3. The largest absolute Gasteiger partial charge is 0.497 e. The van der Waals surface area contributed by atoms with E-state index in [4.69, 9.17) is 20.9 Å². The number of primary amides is 1. The van der Waals surface area contributed by atoms with Gasteiger partial charge in [-0.3, -0.25) is 14.4 Å². The predicted molar refractivity (Wildman–Crippen MR) is 132 cm³/mol. The molecule has 1 aromatic carbocycles.